The summed E-state index contributed by atoms with van der Waals surface area (Å²) in [4.78, 5) is 39.6. The number of fused-ring (bicyclic) bond motifs is 1. The van der Waals surface area contributed by atoms with Gasteiger partial charge in [0.05, 0.1) is 29.9 Å². The highest BCUT2D eigenvalue weighted by molar-refractivity contribution is 5.89. The molecule has 3 aliphatic heterocycles. The molecule has 0 N–H and O–H groups in total. The second-order valence-corrected chi connectivity index (χ2v) is 6.78. The summed E-state index contributed by atoms with van der Waals surface area (Å²) >= 11 is 0. The number of carbonyl (C=O) groups excluding carboxylic acids is 2. The van der Waals surface area contributed by atoms with Crippen LogP contribution >= 0.6 is 0 Å². The maximum absolute atomic E-state index is 12.8. The van der Waals surface area contributed by atoms with Crippen LogP contribution in [0, 0.1) is 5.92 Å². The van der Waals surface area contributed by atoms with Gasteiger partial charge in [0.25, 0.3) is 0 Å². The minimum Gasteiger partial charge on any atom is -0.336 e. The van der Waals surface area contributed by atoms with E-state index in [2.05, 4.69) is 14.9 Å². The quantitative estimate of drug-likeness (QED) is 0.737. The Kier molecular flexibility index (Phi) is 3.52. The predicted molar refractivity (Wildman–Crippen MR) is 82.3 cm³/mol. The third-order valence-electron chi connectivity index (χ3n) is 5.12. The first kappa shape index (κ1) is 14.6. The molecule has 2 saturated heterocycles. The number of hydrogen-bond donors (Lipinski definition) is 0. The highest BCUT2D eigenvalue weighted by Gasteiger charge is 2.42. The van der Waals surface area contributed by atoms with Crippen LogP contribution in [-0.2, 0) is 22.6 Å². The van der Waals surface area contributed by atoms with Crippen molar-refractivity contribution in [1.82, 2.24) is 24.7 Å². The first-order valence-electron chi connectivity index (χ1n) is 8.17. The number of rotatable bonds is 2. The van der Waals surface area contributed by atoms with Gasteiger partial charge in [0, 0.05) is 51.4 Å². The van der Waals surface area contributed by atoms with Crippen LogP contribution < -0.4 is 0 Å². The van der Waals surface area contributed by atoms with E-state index in [1.165, 1.54) is 0 Å². The fraction of sp³-hybridized carbons (Fsp3) is 0.625. The van der Waals surface area contributed by atoms with Crippen LogP contribution in [-0.4, -0.2) is 75.8 Å². The van der Waals surface area contributed by atoms with E-state index in [9.17, 15) is 9.59 Å². The number of aromatic nitrogens is 2. The van der Waals surface area contributed by atoms with Crippen molar-refractivity contribution in [3.05, 3.63) is 23.8 Å². The lowest BCUT2D eigenvalue weighted by molar-refractivity contribution is -0.136. The molecule has 0 radical (unpaired) electrons. The number of likely N-dealkylation sites (N-methyl/N-ethyl adjacent to an activating group) is 1. The zero-order valence-electron chi connectivity index (χ0n) is 13.3. The lowest BCUT2D eigenvalue weighted by Gasteiger charge is -2.42. The Hall–Kier alpha value is -2.02. The van der Waals surface area contributed by atoms with Gasteiger partial charge < -0.3 is 14.7 Å². The first-order chi connectivity index (χ1) is 11.1. The number of nitrogens with zero attached hydrogens (tertiary/aromatic N) is 5. The van der Waals surface area contributed by atoms with Crippen LogP contribution in [0.5, 0.6) is 0 Å². The van der Waals surface area contributed by atoms with E-state index in [0.717, 1.165) is 30.9 Å². The van der Waals surface area contributed by atoms with Crippen molar-refractivity contribution in [2.75, 3.05) is 33.2 Å². The van der Waals surface area contributed by atoms with E-state index in [1.807, 2.05) is 16.8 Å². The highest BCUT2D eigenvalue weighted by Crippen LogP contribution is 2.27. The van der Waals surface area contributed by atoms with Crippen LogP contribution in [0.1, 0.15) is 17.8 Å². The molecule has 122 valence electrons. The first-order valence-corrected chi connectivity index (χ1v) is 8.17. The van der Waals surface area contributed by atoms with E-state index < -0.39 is 0 Å². The number of amides is 2. The molecule has 0 aromatic carbocycles. The van der Waals surface area contributed by atoms with Crippen LogP contribution in [0.3, 0.4) is 0 Å². The third-order valence-corrected chi connectivity index (χ3v) is 5.12. The second kappa shape index (κ2) is 5.56. The molecule has 23 heavy (non-hydrogen) atoms. The molecule has 3 aliphatic rings. The summed E-state index contributed by atoms with van der Waals surface area (Å²) in [7, 11) is 2.05. The predicted octanol–water partition coefficient (Wildman–Crippen LogP) is -0.476. The molecule has 1 atom stereocenters. The van der Waals surface area contributed by atoms with Crippen molar-refractivity contribution in [3.63, 3.8) is 0 Å². The Morgan fingerprint density at radius 1 is 1.17 bits per heavy atom. The molecule has 2 amide bonds. The van der Waals surface area contributed by atoms with Crippen molar-refractivity contribution < 1.29 is 9.59 Å². The van der Waals surface area contributed by atoms with E-state index >= 15 is 0 Å². The summed E-state index contributed by atoms with van der Waals surface area (Å²) in [5.41, 5.74) is 1.87. The fourth-order valence-corrected chi connectivity index (χ4v) is 3.80. The van der Waals surface area contributed by atoms with E-state index in [0.29, 0.717) is 32.1 Å². The van der Waals surface area contributed by atoms with E-state index in [4.69, 9.17) is 0 Å². The zero-order chi connectivity index (χ0) is 16.0. The highest BCUT2D eigenvalue weighted by atomic mass is 16.2. The minimum absolute atomic E-state index is 0.0878. The van der Waals surface area contributed by atoms with Crippen molar-refractivity contribution in [2.24, 2.45) is 5.92 Å². The molecule has 7 heteroatoms. The Morgan fingerprint density at radius 3 is 2.65 bits per heavy atom. The summed E-state index contributed by atoms with van der Waals surface area (Å²) in [5, 5.41) is 0. The minimum atomic E-state index is -0.202. The number of carbonyl (C=O) groups is 2. The largest absolute Gasteiger partial charge is 0.336 e. The zero-order valence-corrected chi connectivity index (χ0v) is 13.3. The summed E-state index contributed by atoms with van der Waals surface area (Å²) in [5.74, 6) is 0.00936. The molecule has 0 aliphatic carbocycles. The smallest absolute Gasteiger partial charge is 0.228 e. The molecule has 4 heterocycles. The van der Waals surface area contributed by atoms with Gasteiger partial charge in [-0.25, -0.2) is 0 Å². The van der Waals surface area contributed by atoms with Gasteiger partial charge in [0.15, 0.2) is 0 Å². The summed E-state index contributed by atoms with van der Waals surface area (Å²) in [6, 6.07) is 0.290. The van der Waals surface area contributed by atoms with Gasteiger partial charge in [-0.3, -0.25) is 19.6 Å². The van der Waals surface area contributed by atoms with E-state index in [-0.39, 0.29) is 17.7 Å². The average molecular weight is 315 g/mol. The maximum Gasteiger partial charge on any atom is 0.228 e. The van der Waals surface area contributed by atoms with Gasteiger partial charge in [-0.2, -0.15) is 0 Å². The summed E-state index contributed by atoms with van der Waals surface area (Å²) in [6.45, 7) is 3.58. The number of hydrogen-bond acceptors (Lipinski definition) is 5. The third kappa shape index (κ3) is 2.59. The van der Waals surface area contributed by atoms with Crippen LogP contribution in [0.2, 0.25) is 0 Å². The van der Waals surface area contributed by atoms with Gasteiger partial charge in [-0.05, 0) is 7.05 Å². The van der Waals surface area contributed by atoms with Crippen LogP contribution in [0.25, 0.3) is 0 Å². The molecule has 0 spiro atoms. The molecule has 0 saturated carbocycles. The van der Waals surface area contributed by atoms with Crippen molar-refractivity contribution in [2.45, 2.75) is 25.4 Å². The molecular formula is C16H21N5O2. The summed E-state index contributed by atoms with van der Waals surface area (Å²) < 4.78 is 0. The van der Waals surface area contributed by atoms with Crippen molar-refractivity contribution >= 4 is 11.8 Å². The number of likely N-dealkylation sites (tertiary alicyclic amines) is 2. The Labute approximate surface area is 135 Å². The molecule has 1 aromatic heterocycles. The maximum atomic E-state index is 12.8. The summed E-state index contributed by atoms with van der Waals surface area (Å²) in [6.07, 6.45) is 4.45. The second-order valence-electron chi connectivity index (χ2n) is 6.78. The normalized spacial score (nSPS) is 25.4. The molecule has 1 aromatic rings. The van der Waals surface area contributed by atoms with Crippen molar-refractivity contribution in [1.29, 1.82) is 0 Å². The topological polar surface area (TPSA) is 69.6 Å². The van der Waals surface area contributed by atoms with Crippen LogP contribution in [0.15, 0.2) is 12.4 Å². The molecule has 7 nitrogen and oxygen atoms in total. The fourth-order valence-electron chi connectivity index (χ4n) is 3.80. The van der Waals surface area contributed by atoms with Gasteiger partial charge in [-0.15, -0.1) is 0 Å². The van der Waals surface area contributed by atoms with Crippen molar-refractivity contribution in [3.8, 4) is 0 Å². The molecular weight excluding hydrogens is 294 g/mol. The van der Waals surface area contributed by atoms with Gasteiger partial charge in [0.2, 0.25) is 11.8 Å². The Balaban J connectivity index is 1.41. The lowest BCUT2D eigenvalue weighted by atomic mass is 10.0. The van der Waals surface area contributed by atoms with E-state index in [1.54, 1.807) is 12.4 Å². The van der Waals surface area contributed by atoms with Gasteiger partial charge in [-0.1, -0.05) is 0 Å². The standard InChI is InChI=1S/C16H21N5O2/c1-19-8-12(9-19)21-7-11(6-15(21)22)16(23)20-5-2-13-14(10-20)18-4-3-17-13/h3-4,11-12H,2,5-10H2,1H3. The molecule has 0 bridgehead atoms. The Bertz CT molecular complexity index is 643. The Morgan fingerprint density at radius 2 is 1.91 bits per heavy atom. The lowest BCUT2D eigenvalue weighted by Crippen LogP contribution is -2.58. The van der Waals surface area contributed by atoms with Gasteiger partial charge >= 0.3 is 0 Å². The average Bonchev–Trinajstić information content (AvgIpc) is 2.92. The SMILES string of the molecule is CN1CC(N2CC(C(=O)N3CCc4nccnc4C3)CC2=O)C1. The van der Waals surface area contributed by atoms with Gasteiger partial charge in [0.1, 0.15) is 0 Å². The molecule has 4 rings (SSSR count). The van der Waals surface area contributed by atoms with Crippen LogP contribution in [0.4, 0.5) is 0 Å². The molecule has 2 fully saturated rings. The molecule has 1 unspecified atom stereocenters. The monoisotopic (exact) mass is 315 g/mol.